The maximum absolute atomic E-state index is 3.85. The lowest BCUT2D eigenvalue weighted by Gasteiger charge is -1.87. The van der Waals surface area contributed by atoms with Crippen LogP contribution in [0.1, 0.15) is 20.3 Å². The fraction of sp³-hybridized carbons (Fsp3) is 0.571. The number of allylic oxidation sites excluding steroid dienone is 1. The summed E-state index contributed by atoms with van der Waals surface area (Å²) in [7, 11) is 0. The maximum Gasteiger partial charge on any atom is -0.0143 e. The van der Waals surface area contributed by atoms with Crippen LogP contribution in [0.2, 0.25) is 0 Å². The highest BCUT2D eigenvalue weighted by atomic mass is 14.4. The van der Waals surface area contributed by atoms with Gasteiger partial charge in [0.1, 0.15) is 0 Å². The van der Waals surface area contributed by atoms with Crippen LogP contribution in [-0.2, 0) is 0 Å². The first-order valence-electron chi connectivity index (χ1n) is 2.69. The van der Waals surface area contributed by atoms with Gasteiger partial charge in [-0.25, -0.2) is 0 Å². The molecule has 1 rings (SSSR count). The molecule has 1 aliphatic rings. The van der Waals surface area contributed by atoms with E-state index < -0.39 is 0 Å². The fourth-order valence-corrected chi connectivity index (χ4v) is 0.858. The molecular formula is C7H11. The summed E-state index contributed by atoms with van der Waals surface area (Å²) in [5.41, 5.74) is 1.33. The van der Waals surface area contributed by atoms with Gasteiger partial charge in [0.15, 0.2) is 0 Å². The molecule has 39 valence electrons. The van der Waals surface area contributed by atoms with Gasteiger partial charge in [0, 0.05) is 0 Å². The number of hydrogen-bond acceptors (Lipinski definition) is 0. The predicted octanol–water partition coefficient (Wildman–Crippen LogP) is 2.18. The summed E-state index contributed by atoms with van der Waals surface area (Å²) in [6.45, 7) is 8.14. The van der Waals surface area contributed by atoms with Crippen molar-refractivity contribution >= 4 is 0 Å². The van der Waals surface area contributed by atoms with Gasteiger partial charge >= 0.3 is 0 Å². The van der Waals surface area contributed by atoms with Gasteiger partial charge in [-0.05, 0) is 25.2 Å². The van der Waals surface area contributed by atoms with Crippen LogP contribution < -0.4 is 0 Å². The largest absolute Gasteiger partial charge is 0.0998 e. The minimum absolute atomic E-state index is 0.792. The van der Waals surface area contributed by atoms with Gasteiger partial charge in [-0.1, -0.05) is 19.1 Å². The lowest BCUT2D eigenvalue weighted by molar-refractivity contribution is 1.02. The van der Waals surface area contributed by atoms with Crippen LogP contribution in [0.3, 0.4) is 0 Å². The third-order valence-corrected chi connectivity index (χ3v) is 1.56. The number of hydrogen-bond donors (Lipinski definition) is 0. The molecule has 0 saturated heterocycles. The molecule has 0 amide bonds. The normalized spacial score (nSPS) is 30.3. The van der Waals surface area contributed by atoms with Crippen LogP contribution in [0, 0.1) is 11.8 Å². The van der Waals surface area contributed by atoms with Gasteiger partial charge in [-0.3, -0.25) is 0 Å². The first-order chi connectivity index (χ1) is 3.22. The zero-order valence-corrected chi connectivity index (χ0v) is 4.99. The zero-order valence-electron chi connectivity index (χ0n) is 4.99. The third-order valence-electron chi connectivity index (χ3n) is 1.56. The molecule has 1 saturated carbocycles. The Morgan fingerprint density at radius 3 is 2.29 bits per heavy atom. The second-order valence-electron chi connectivity index (χ2n) is 2.45. The third kappa shape index (κ3) is 0.846. The van der Waals surface area contributed by atoms with Crippen molar-refractivity contribution in [2.75, 3.05) is 0 Å². The summed E-state index contributed by atoms with van der Waals surface area (Å²) in [6, 6.07) is 0. The van der Waals surface area contributed by atoms with Gasteiger partial charge in [-0.2, -0.15) is 0 Å². The fourth-order valence-electron chi connectivity index (χ4n) is 0.858. The van der Waals surface area contributed by atoms with E-state index in [-0.39, 0.29) is 0 Å². The van der Waals surface area contributed by atoms with Gasteiger partial charge in [0.05, 0.1) is 0 Å². The highest BCUT2D eigenvalue weighted by molar-refractivity contribution is 5.23. The highest BCUT2D eigenvalue weighted by Crippen LogP contribution is 2.44. The van der Waals surface area contributed by atoms with Crippen LogP contribution in [0.15, 0.2) is 12.2 Å². The molecule has 0 aromatic carbocycles. The standard InChI is InChI=1S/C7H11/c1-5(2)7-4-6(7)3/h7H,1,4H2,2-3H3. The second-order valence-corrected chi connectivity index (χ2v) is 2.45. The van der Waals surface area contributed by atoms with Crippen molar-refractivity contribution < 1.29 is 0 Å². The molecule has 0 nitrogen and oxygen atoms in total. The van der Waals surface area contributed by atoms with E-state index in [1.807, 2.05) is 0 Å². The molecule has 0 aliphatic heterocycles. The predicted molar refractivity (Wildman–Crippen MR) is 31.8 cm³/mol. The van der Waals surface area contributed by atoms with Crippen molar-refractivity contribution in [3.05, 3.63) is 18.1 Å². The molecular weight excluding hydrogens is 84.1 g/mol. The monoisotopic (exact) mass is 95.1 g/mol. The maximum atomic E-state index is 3.85. The highest BCUT2D eigenvalue weighted by Gasteiger charge is 2.33. The van der Waals surface area contributed by atoms with Gasteiger partial charge in [0.25, 0.3) is 0 Å². The topological polar surface area (TPSA) is 0 Å². The lowest BCUT2D eigenvalue weighted by atomic mass is 10.2. The lowest BCUT2D eigenvalue weighted by Crippen LogP contribution is -1.74. The van der Waals surface area contributed by atoms with Crippen molar-refractivity contribution in [2.45, 2.75) is 20.3 Å². The Kier molecular flexibility index (Phi) is 0.949. The molecule has 7 heavy (non-hydrogen) atoms. The Balaban J connectivity index is 2.33. The van der Waals surface area contributed by atoms with Crippen LogP contribution >= 0.6 is 0 Å². The van der Waals surface area contributed by atoms with Gasteiger partial charge in [0.2, 0.25) is 0 Å². The molecule has 1 fully saturated rings. The Labute approximate surface area is 45.2 Å². The molecule has 1 aliphatic carbocycles. The Bertz CT molecular complexity index is 92.2. The molecule has 0 aromatic heterocycles. The van der Waals surface area contributed by atoms with E-state index in [2.05, 4.69) is 20.4 Å². The summed E-state index contributed by atoms with van der Waals surface area (Å²) in [6.07, 6.45) is 1.30. The Hall–Kier alpha value is -0.260. The van der Waals surface area contributed by atoms with E-state index in [1.54, 1.807) is 5.92 Å². The molecule has 1 atom stereocenters. The van der Waals surface area contributed by atoms with Crippen LogP contribution in [0.25, 0.3) is 0 Å². The number of rotatable bonds is 1. The van der Waals surface area contributed by atoms with Gasteiger partial charge in [-0.15, -0.1) is 0 Å². The molecule has 1 radical (unpaired) electrons. The van der Waals surface area contributed by atoms with E-state index >= 15 is 0 Å². The van der Waals surface area contributed by atoms with Crippen LogP contribution in [0.5, 0.6) is 0 Å². The molecule has 0 heterocycles. The first kappa shape index (κ1) is 4.89. The molecule has 0 aromatic rings. The van der Waals surface area contributed by atoms with Crippen molar-refractivity contribution in [3.8, 4) is 0 Å². The smallest absolute Gasteiger partial charge is 0.0143 e. The first-order valence-corrected chi connectivity index (χ1v) is 2.69. The molecule has 0 N–H and O–H groups in total. The van der Waals surface area contributed by atoms with Crippen LogP contribution in [-0.4, -0.2) is 0 Å². The average Bonchev–Trinajstić information content (AvgIpc) is 2.17. The average molecular weight is 95.2 g/mol. The zero-order chi connectivity index (χ0) is 5.44. The minimum atomic E-state index is 0.792. The molecule has 0 heteroatoms. The Morgan fingerprint density at radius 1 is 1.86 bits per heavy atom. The van der Waals surface area contributed by atoms with E-state index in [1.165, 1.54) is 12.0 Å². The summed E-state index contributed by atoms with van der Waals surface area (Å²) in [5, 5.41) is 0. The molecule has 0 bridgehead atoms. The minimum Gasteiger partial charge on any atom is -0.0998 e. The van der Waals surface area contributed by atoms with Crippen molar-refractivity contribution in [1.29, 1.82) is 0 Å². The van der Waals surface area contributed by atoms with E-state index in [0.29, 0.717) is 0 Å². The van der Waals surface area contributed by atoms with Crippen molar-refractivity contribution in [1.82, 2.24) is 0 Å². The van der Waals surface area contributed by atoms with Gasteiger partial charge < -0.3 is 0 Å². The van der Waals surface area contributed by atoms with E-state index in [4.69, 9.17) is 0 Å². The summed E-state index contributed by atoms with van der Waals surface area (Å²) in [4.78, 5) is 0. The Morgan fingerprint density at radius 2 is 2.29 bits per heavy atom. The second kappa shape index (κ2) is 1.36. The molecule has 0 spiro atoms. The quantitative estimate of drug-likeness (QED) is 0.438. The van der Waals surface area contributed by atoms with Crippen molar-refractivity contribution in [3.63, 3.8) is 0 Å². The molecule has 1 unspecified atom stereocenters. The van der Waals surface area contributed by atoms with E-state index in [9.17, 15) is 0 Å². The van der Waals surface area contributed by atoms with E-state index in [0.717, 1.165) is 5.92 Å². The SMILES string of the molecule is C=C(C)C1C[C]1C. The van der Waals surface area contributed by atoms with Crippen molar-refractivity contribution in [2.24, 2.45) is 5.92 Å². The summed E-state index contributed by atoms with van der Waals surface area (Å²) < 4.78 is 0. The summed E-state index contributed by atoms with van der Waals surface area (Å²) in [5.74, 6) is 2.40. The summed E-state index contributed by atoms with van der Waals surface area (Å²) >= 11 is 0. The van der Waals surface area contributed by atoms with Crippen LogP contribution in [0.4, 0.5) is 0 Å².